The fraction of sp³-hybridized carbons (Fsp3) is 0.333. The van der Waals surface area contributed by atoms with Gasteiger partial charge in [-0.05, 0) is 62.2 Å². The van der Waals surface area contributed by atoms with Crippen molar-refractivity contribution in [3.63, 3.8) is 0 Å². The number of hydrogen-bond acceptors (Lipinski definition) is 5. The van der Waals surface area contributed by atoms with E-state index in [-0.39, 0.29) is 11.1 Å². The van der Waals surface area contributed by atoms with E-state index < -0.39 is 44.4 Å². The van der Waals surface area contributed by atoms with Crippen LogP contribution in [0.1, 0.15) is 46.9 Å². The van der Waals surface area contributed by atoms with Crippen LogP contribution in [0.25, 0.3) is 0 Å². The molecule has 1 saturated heterocycles. The third-order valence-corrected chi connectivity index (χ3v) is 6.80. The van der Waals surface area contributed by atoms with Crippen LogP contribution < -0.4 is 0 Å². The Morgan fingerprint density at radius 1 is 0.967 bits per heavy atom. The predicted octanol–water partition coefficient (Wildman–Crippen LogP) is 3.57. The number of carbonyl (C=O) groups is 2. The number of Topliss-reactive ketones (excluding diaryl/α,β-unsaturated/α-hetero) is 1. The molecule has 0 saturated carbocycles. The molecule has 1 aliphatic heterocycles. The van der Waals surface area contributed by atoms with Gasteiger partial charge in [-0.2, -0.15) is 4.31 Å². The van der Waals surface area contributed by atoms with Crippen LogP contribution in [0, 0.1) is 11.6 Å². The minimum absolute atomic E-state index is 0.157. The second kappa shape index (κ2) is 9.01. The van der Waals surface area contributed by atoms with E-state index in [2.05, 4.69) is 0 Å². The van der Waals surface area contributed by atoms with Gasteiger partial charge < -0.3 is 4.74 Å². The van der Waals surface area contributed by atoms with Crippen molar-refractivity contribution in [2.75, 3.05) is 13.1 Å². The molecule has 1 unspecified atom stereocenters. The highest BCUT2D eigenvalue weighted by atomic mass is 32.2. The number of ether oxygens (including phenoxy) is 1. The lowest BCUT2D eigenvalue weighted by atomic mass is 10.1. The summed E-state index contributed by atoms with van der Waals surface area (Å²) in [6.07, 6.45) is 1.08. The van der Waals surface area contributed by atoms with Crippen molar-refractivity contribution in [2.24, 2.45) is 0 Å². The largest absolute Gasteiger partial charge is 0.451 e. The maximum Gasteiger partial charge on any atom is 0.338 e. The molecular formula is C21H21F2NO5S. The second-order valence-corrected chi connectivity index (χ2v) is 8.93. The van der Waals surface area contributed by atoms with Crippen molar-refractivity contribution in [2.45, 2.75) is 37.2 Å². The smallest absolute Gasteiger partial charge is 0.338 e. The van der Waals surface area contributed by atoms with Gasteiger partial charge in [0, 0.05) is 18.7 Å². The first-order valence-electron chi connectivity index (χ1n) is 9.50. The fourth-order valence-electron chi connectivity index (χ4n) is 3.20. The molecule has 6 nitrogen and oxygen atoms in total. The Bertz CT molecular complexity index is 1050. The second-order valence-electron chi connectivity index (χ2n) is 7.03. The number of nitrogens with zero attached hydrogens (tertiary/aromatic N) is 1. The van der Waals surface area contributed by atoms with Gasteiger partial charge in [0.25, 0.3) is 0 Å². The van der Waals surface area contributed by atoms with Gasteiger partial charge in [0.1, 0.15) is 16.5 Å². The van der Waals surface area contributed by atoms with E-state index in [0.29, 0.717) is 25.9 Å². The monoisotopic (exact) mass is 437 g/mol. The molecule has 2 aromatic carbocycles. The first kappa shape index (κ1) is 22.0. The zero-order valence-corrected chi connectivity index (χ0v) is 17.1. The van der Waals surface area contributed by atoms with Crippen LogP contribution in [-0.2, 0) is 14.8 Å². The van der Waals surface area contributed by atoms with Gasteiger partial charge in [-0.3, -0.25) is 4.79 Å². The summed E-state index contributed by atoms with van der Waals surface area (Å²) in [6.45, 7) is 1.93. The summed E-state index contributed by atoms with van der Waals surface area (Å²) in [6, 6.07) is 7.67. The first-order chi connectivity index (χ1) is 14.2. The molecule has 1 aliphatic rings. The quantitative estimate of drug-likeness (QED) is 0.510. The number of hydrogen-bond donors (Lipinski definition) is 0. The van der Waals surface area contributed by atoms with E-state index in [1.165, 1.54) is 23.4 Å². The Labute approximate surface area is 173 Å². The van der Waals surface area contributed by atoms with Crippen LogP contribution in [0.2, 0.25) is 0 Å². The molecule has 160 valence electrons. The van der Waals surface area contributed by atoms with Gasteiger partial charge in [0.2, 0.25) is 15.8 Å². The fourth-order valence-corrected chi connectivity index (χ4v) is 4.81. The molecule has 30 heavy (non-hydrogen) atoms. The molecule has 0 N–H and O–H groups in total. The molecule has 0 spiro atoms. The van der Waals surface area contributed by atoms with Gasteiger partial charge in [-0.15, -0.1) is 0 Å². The summed E-state index contributed by atoms with van der Waals surface area (Å²) in [5.41, 5.74) is -0.0325. The average Bonchev–Trinajstić information content (AvgIpc) is 2.74. The van der Waals surface area contributed by atoms with Crippen LogP contribution in [0.3, 0.4) is 0 Å². The van der Waals surface area contributed by atoms with Crippen LogP contribution in [-0.4, -0.2) is 43.7 Å². The Kier molecular flexibility index (Phi) is 6.62. The number of esters is 1. The van der Waals surface area contributed by atoms with Gasteiger partial charge in [-0.25, -0.2) is 22.0 Å². The van der Waals surface area contributed by atoms with Crippen molar-refractivity contribution in [1.29, 1.82) is 0 Å². The number of benzene rings is 2. The van der Waals surface area contributed by atoms with Gasteiger partial charge >= 0.3 is 5.97 Å². The molecule has 1 fully saturated rings. The molecule has 0 aromatic heterocycles. The lowest BCUT2D eigenvalue weighted by molar-refractivity contribution is 0.0318. The Balaban J connectivity index is 1.78. The third-order valence-electron chi connectivity index (χ3n) is 4.88. The van der Waals surface area contributed by atoms with Crippen molar-refractivity contribution < 1.29 is 31.5 Å². The number of ketones is 1. The molecule has 9 heteroatoms. The first-order valence-corrected chi connectivity index (χ1v) is 10.9. The normalized spacial score (nSPS) is 16.1. The molecule has 2 aromatic rings. The number of piperidine rings is 1. The van der Waals surface area contributed by atoms with Gasteiger partial charge in [-0.1, -0.05) is 6.42 Å². The van der Waals surface area contributed by atoms with Crippen molar-refractivity contribution >= 4 is 21.8 Å². The summed E-state index contributed by atoms with van der Waals surface area (Å²) in [4.78, 5) is 24.2. The number of rotatable bonds is 6. The maximum atomic E-state index is 14.3. The molecule has 0 radical (unpaired) electrons. The maximum absolute atomic E-state index is 14.3. The number of sulfonamides is 1. The van der Waals surface area contributed by atoms with E-state index in [1.807, 2.05) is 0 Å². The van der Waals surface area contributed by atoms with E-state index >= 15 is 0 Å². The topological polar surface area (TPSA) is 80.8 Å². The van der Waals surface area contributed by atoms with Gasteiger partial charge in [0.15, 0.2) is 6.10 Å². The van der Waals surface area contributed by atoms with Crippen molar-refractivity contribution in [3.8, 4) is 0 Å². The molecule has 0 amide bonds. The zero-order valence-electron chi connectivity index (χ0n) is 16.3. The minimum atomic E-state index is -4.09. The molecule has 3 rings (SSSR count). The van der Waals surface area contributed by atoms with Crippen molar-refractivity contribution in [3.05, 3.63) is 65.2 Å². The molecule has 0 bridgehead atoms. The van der Waals surface area contributed by atoms with E-state index in [1.54, 1.807) is 0 Å². The molecule has 0 aliphatic carbocycles. The zero-order chi connectivity index (χ0) is 21.9. The summed E-state index contributed by atoms with van der Waals surface area (Å²) in [7, 11) is -4.09. The SMILES string of the molecule is CC(OC(=O)c1ccc(F)c(S(=O)(=O)N2CCCCC2)c1)C(=O)c1ccc(F)cc1. The number of halogens is 2. The third kappa shape index (κ3) is 4.73. The summed E-state index contributed by atoms with van der Waals surface area (Å²) >= 11 is 0. The highest BCUT2D eigenvalue weighted by Gasteiger charge is 2.30. The Morgan fingerprint density at radius 3 is 2.20 bits per heavy atom. The van der Waals surface area contributed by atoms with Crippen LogP contribution in [0.4, 0.5) is 8.78 Å². The highest BCUT2D eigenvalue weighted by Crippen LogP contribution is 2.24. The van der Waals surface area contributed by atoms with E-state index in [9.17, 15) is 26.8 Å². The Hall–Kier alpha value is -2.65. The van der Waals surface area contributed by atoms with Gasteiger partial charge in [0.05, 0.1) is 5.56 Å². The van der Waals surface area contributed by atoms with Crippen LogP contribution in [0.15, 0.2) is 47.4 Å². The molecule has 1 heterocycles. The lowest BCUT2D eigenvalue weighted by Gasteiger charge is -2.26. The summed E-state index contributed by atoms with van der Waals surface area (Å²) in [5, 5.41) is 0. The predicted molar refractivity (Wildman–Crippen MR) is 105 cm³/mol. The lowest BCUT2D eigenvalue weighted by Crippen LogP contribution is -2.36. The number of carbonyl (C=O) groups excluding carboxylic acids is 2. The summed E-state index contributed by atoms with van der Waals surface area (Å²) < 4.78 is 59.2. The van der Waals surface area contributed by atoms with Crippen LogP contribution >= 0.6 is 0 Å². The van der Waals surface area contributed by atoms with Crippen LogP contribution in [0.5, 0.6) is 0 Å². The minimum Gasteiger partial charge on any atom is -0.451 e. The van der Waals surface area contributed by atoms with Crippen molar-refractivity contribution in [1.82, 2.24) is 4.31 Å². The highest BCUT2D eigenvalue weighted by molar-refractivity contribution is 7.89. The standard InChI is InChI=1S/C21H21F2NO5S/c1-14(20(25)15-5-8-17(22)9-6-15)29-21(26)16-7-10-18(23)19(13-16)30(27,28)24-11-3-2-4-12-24/h5-10,13-14H,2-4,11-12H2,1H3. The molecule has 1 atom stereocenters. The molecular weight excluding hydrogens is 416 g/mol. The summed E-state index contributed by atoms with van der Waals surface area (Å²) in [5.74, 6) is -2.99. The Morgan fingerprint density at radius 2 is 1.57 bits per heavy atom. The average molecular weight is 437 g/mol. The van der Waals surface area contributed by atoms with E-state index in [0.717, 1.165) is 36.8 Å². The van der Waals surface area contributed by atoms with E-state index in [4.69, 9.17) is 4.74 Å².